The first-order valence-corrected chi connectivity index (χ1v) is 16.3. The molecule has 14 nitrogen and oxygen atoms in total. The molecule has 2 fully saturated rings. The Hall–Kier alpha value is -4.89. The number of anilines is 1. The Morgan fingerprint density at radius 3 is 2.56 bits per heavy atom. The van der Waals surface area contributed by atoms with E-state index in [0.29, 0.717) is 15.7 Å². The van der Waals surface area contributed by atoms with Crippen LogP contribution < -0.4 is 26.2 Å². The summed E-state index contributed by atoms with van der Waals surface area (Å²) in [6.45, 7) is 1.81. The van der Waals surface area contributed by atoms with Crippen LogP contribution in [0.15, 0.2) is 57.9 Å². The summed E-state index contributed by atoms with van der Waals surface area (Å²) in [5.41, 5.74) is 2.19. The van der Waals surface area contributed by atoms with Crippen LogP contribution in [0, 0.1) is 0 Å². The number of hydrogen-bond acceptors (Lipinski definition) is 10. The summed E-state index contributed by atoms with van der Waals surface area (Å²) in [5, 5.41) is 12.6. The zero-order chi connectivity index (χ0) is 34.1. The number of likely N-dealkylation sites (tertiary alicyclic amines) is 1. The van der Waals surface area contributed by atoms with Crippen molar-refractivity contribution in [3.05, 3.63) is 85.7 Å². The van der Waals surface area contributed by atoms with Crippen molar-refractivity contribution in [2.75, 3.05) is 38.6 Å². The Balaban J connectivity index is 1.03. The van der Waals surface area contributed by atoms with Gasteiger partial charge in [0.05, 0.1) is 29.6 Å². The number of hydrogen-bond donors (Lipinski definition) is 3. The van der Waals surface area contributed by atoms with E-state index in [-0.39, 0.29) is 66.3 Å². The van der Waals surface area contributed by atoms with E-state index in [1.807, 2.05) is 19.2 Å². The number of ether oxygens (including phenoxy) is 1. The molecule has 6 rings (SSSR count). The van der Waals surface area contributed by atoms with E-state index in [0.717, 1.165) is 30.0 Å². The monoisotopic (exact) mass is 719 g/mol. The van der Waals surface area contributed by atoms with Crippen molar-refractivity contribution in [2.45, 2.75) is 37.3 Å². The lowest BCUT2D eigenvalue weighted by Crippen LogP contribution is -2.54. The summed E-state index contributed by atoms with van der Waals surface area (Å²) < 4.78 is 7.53. The smallest absolute Gasteiger partial charge is 0.282 e. The van der Waals surface area contributed by atoms with E-state index in [9.17, 15) is 28.8 Å². The summed E-state index contributed by atoms with van der Waals surface area (Å²) in [6, 6.07) is 11.1. The lowest BCUT2D eigenvalue weighted by molar-refractivity contribution is -0.136. The van der Waals surface area contributed by atoms with Crippen LogP contribution in [0.1, 0.15) is 61.8 Å². The fourth-order valence-corrected chi connectivity index (χ4v) is 6.91. The Labute approximate surface area is 283 Å². The minimum atomic E-state index is -1.07. The van der Waals surface area contributed by atoms with E-state index in [4.69, 9.17) is 4.74 Å². The van der Waals surface area contributed by atoms with Gasteiger partial charge in [0.2, 0.25) is 11.8 Å². The summed E-state index contributed by atoms with van der Waals surface area (Å²) in [4.78, 5) is 78.5. The molecule has 0 radical (unpaired) electrons. The van der Waals surface area contributed by atoms with E-state index in [2.05, 4.69) is 41.9 Å². The van der Waals surface area contributed by atoms with Crippen LogP contribution in [-0.4, -0.2) is 94.5 Å². The number of nitrogens with zero attached hydrogens (tertiary/aromatic N) is 4. The third-order valence-corrected chi connectivity index (χ3v) is 9.56. The molecule has 2 saturated heterocycles. The first-order chi connectivity index (χ1) is 23.0. The van der Waals surface area contributed by atoms with Gasteiger partial charge in [-0.3, -0.25) is 39.0 Å². The standard InChI is InChI=1S/C33H34BrN7O7/c1-39-16-20(14-21(17-39)37-23-15-36-40(2)33(47)28(23)34)18-6-8-19(9-7-18)29(43)35-12-13-48-25-5-3-4-22-27(25)32(46)41(31(22)45)24-10-11-26(42)38-30(24)44/h3-9,15,20-21,24,37H,10-14,16-17H2,1-2H3,(H,35,43)(H,38,42,44)/t20-,21+,24?/m0/s1. The largest absolute Gasteiger partial charge is 0.491 e. The third kappa shape index (κ3) is 6.60. The van der Waals surface area contributed by atoms with Gasteiger partial charge in [0.1, 0.15) is 22.9 Å². The number of fused-ring (bicyclic) bond motifs is 1. The second kappa shape index (κ2) is 13.7. The molecule has 1 aromatic heterocycles. The second-order valence-electron chi connectivity index (χ2n) is 12.1. The molecule has 5 amide bonds. The number of halogens is 1. The lowest BCUT2D eigenvalue weighted by atomic mass is 9.87. The Kier molecular flexibility index (Phi) is 9.42. The number of imide groups is 2. The van der Waals surface area contributed by atoms with E-state index in [1.54, 1.807) is 37.5 Å². The number of aryl methyl sites for hydroxylation is 1. The van der Waals surface area contributed by atoms with Crippen LogP contribution in [0.3, 0.4) is 0 Å². The molecule has 3 aliphatic heterocycles. The van der Waals surface area contributed by atoms with Crippen molar-refractivity contribution in [2.24, 2.45) is 7.05 Å². The number of aromatic nitrogens is 2. The predicted molar refractivity (Wildman–Crippen MR) is 177 cm³/mol. The Morgan fingerprint density at radius 2 is 1.81 bits per heavy atom. The van der Waals surface area contributed by atoms with Gasteiger partial charge in [-0.1, -0.05) is 18.2 Å². The highest BCUT2D eigenvalue weighted by atomic mass is 79.9. The molecule has 250 valence electrons. The SMILES string of the molecule is CN1C[C@H](Nc2cnn(C)c(=O)c2Br)C[C@H](c2ccc(C(=O)NCCOc3cccc4c3C(=O)N(C3CCC(=O)NC3=O)C4=O)cc2)C1. The summed E-state index contributed by atoms with van der Waals surface area (Å²) in [5.74, 6) is -2.32. The van der Waals surface area contributed by atoms with Crippen LogP contribution in [0.4, 0.5) is 5.69 Å². The maximum absolute atomic E-state index is 13.2. The molecule has 0 bridgehead atoms. The highest BCUT2D eigenvalue weighted by molar-refractivity contribution is 9.10. The molecular weight excluding hydrogens is 686 g/mol. The first kappa shape index (κ1) is 33.0. The number of rotatable bonds is 9. The maximum Gasteiger partial charge on any atom is 0.282 e. The van der Waals surface area contributed by atoms with Crippen molar-refractivity contribution < 1.29 is 28.7 Å². The highest BCUT2D eigenvalue weighted by Crippen LogP contribution is 2.34. The molecule has 48 heavy (non-hydrogen) atoms. The number of amides is 5. The Bertz CT molecular complexity index is 1860. The average Bonchev–Trinajstić information content (AvgIpc) is 3.32. The minimum Gasteiger partial charge on any atom is -0.491 e. The zero-order valence-corrected chi connectivity index (χ0v) is 27.9. The van der Waals surface area contributed by atoms with Gasteiger partial charge in [-0.25, -0.2) is 4.68 Å². The fraction of sp³-hybridized carbons (Fsp3) is 0.364. The van der Waals surface area contributed by atoms with Crippen molar-refractivity contribution in [3.63, 3.8) is 0 Å². The van der Waals surface area contributed by atoms with Crippen molar-refractivity contribution in [1.29, 1.82) is 0 Å². The van der Waals surface area contributed by atoms with Crippen molar-refractivity contribution >= 4 is 51.2 Å². The van der Waals surface area contributed by atoms with Crippen molar-refractivity contribution in [3.8, 4) is 5.75 Å². The van der Waals surface area contributed by atoms with Gasteiger partial charge in [0, 0.05) is 38.2 Å². The van der Waals surface area contributed by atoms with Gasteiger partial charge >= 0.3 is 0 Å². The normalized spacial score (nSPS) is 21.1. The maximum atomic E-state index is 13.2. The van der Waals surface area contributed by atoms with Gasteiger partial charge in [-0.05, 0) is 71.6 Å². The van der Waals surface area contributed by atoms with Gasteiger partial charge in [0.25, 0.3) is 23.3 Å². The molecule has 3 atom stereocenters. The van der Waals surface area contributed by atoms with Crippen LogP contribution >= 0.6 is 15.9 Å². The average molecular weight is 721 g/mol. The number of carbonyl (C=O) groups is 5. The van der Waals surface area contributed by atoms with Crippen LogP contribution in [0.5, 0.6) is 5.75 Å². The molecule has 3 N–H and O–H groups in total. The number of piperidine rings is 2. The minimum absolute atomic E-state index is 0.0286. The molecule has 1 unspecified atom stereocenters. The Morgan fingerprint density at radius 1 is 1.04 bits per heavy atom. The molecule has 0 aliphatic carbocycles. The van der Waals surface area contributed by atoms with E-state index >= 15 is 0 Å². The van der Waals surface area contributed by atoms with Gasteiger partial charge in [-0.2, -0.15) is 5.10 Å². The number of likely N-dealkylation sites (N-methyl/N-ethyl adjacent to an activating group) is 1. The number of carbonyl (C=O) groups excluding carboxylic acids is 5. The third-order valence-electron chi connectivity index (χ3n) is 8.79. The van der Waals surface area contributed by atoms with Gasteiger partial charge < -0.3 is 20.3 Å². The molecule has 3 aromatic rings. The number of nitrogens with one attached hydrogen (secondary N) is 3. The second-order valence-corrected chi connectivity index (χ2v) is 12.9. The quantitative estimate of drug-likeness (QED) is 0.218. The highest BCUT2D eigenvalue weighted by Gasteiger charge is 2.46. The first-order valence-electron chi connectivity index (χ1n) is 15.5. The van der Waals surface area contributed by atoms with Crippen LogP contribution in [0.2, 0.25) is 0 Å². The van der Waals surface area contributed by atoms with Crippen molar-refractivity contribution in [1.82, 2.24) is 30.2 Å². The fourth-order valence-electron chi connectivity index (χ4n) is 6.44. The molecule has 15 heteroatoms. The predicted octanol–water partition coefficient (Wildman–Crippen LogP) is 1.65. The van der Waals surface area contributed by atoms with Gasteiger partial charge in [0.15, 0.2) is 0 Å². The number of benzene rings is 2. The summed E-state index contributed by atoms with van der Waals surface area (Å²) in [7, 11) is 3.65. The topological polar surface area (TPSA) is 172 Å². The van der Waals surface area contributed by atoms with Gasteiger partial charge in [-0.15, -0.1) is 0 Å². The van der Waals surface area contributed by atoms with Crippen LogP contribution in [0.25, 0.3) is 0 Å². The lowest BCUT2D eigenvalue weighted by Gasteiger charge is -2.37. The zero-order valence-electron chi connectivity index (χ0n) is 26.3. The molecule has 0 spiro atoms. The summed E-state index contributed by atoms with van der Waals surface area (Å²) >= 11 is 3.38. The van der Waals surface area contributed by atoms with Crippen LogP contribution in [-0.2, 0) is 16.6 Å². The van der Waals surface area contributed by atoms with E-state index in [1.165, 1.54) is 10.7 Å². The molecule has 0 saturated carbocycles. The molecule has 2 aromatic carbocycles. The molecule has 3 aliphatic rings. The summed E-state index contributed by atoms with van der Waals surface area (Å²) in [6.07, 6.45) is 2.55. The molecule has 4 heterocycles. The van der Waals surface area contributed by atoms with E-state index < -0.39 is 29.7 Å². The molecular formula is C33H34BrN7O7.